The molecule has 0 bridgehead atoms. The van der Waals surface area contributed by atoms with Crippen LogP contribution in [-0.2, 0) is 0 Å². The predicted octanol–water partition coefficient (Wildman–Crippen LogP) is 0.622. The highest BCUT2D eigenvalue weighted by Crippen LogP contribution is 2.29. The Kier molecular flexibility index (Phi) is 12.2. The van der Waals surface area contributed by atoms with E-state index in [1.807, 2.05) is 0 Å². The van der Waals surface area contributed by atoms with Gasteiger partial charge in [0, 0.05) is 5.02 Å². The van der Waals surface area contributed by atoms with Crippen LogP contribution in [0.1, 0.15) is 16.8 Å². The zero-order valence-electron chi connectivity index (χ0n) is 8.62. The van der Waals surface area contributed by atoms with Crippen molar-refractivity contribution < 1.29 is 9.90 Å². The van der Waals surface area contributed by atoms with E-state index in [9.17, 15) is 4.79 Å². The van der Waals surface area contributed by atoms with Crippen molar-refractivity contribution in [2.45, 2.75) is 6.42 Å². The molecule has 0 radical (unpaired) electrons. The summed E-state index contributed by atoms with van der Waals surface area (Å²) in [4.78, 5) is 10.3. The molecular weight excluding hydrogens is 278 g/mol. The minimum absolute atomic E-state index is 0. The van der Waals surface area contributed by atoms with Crippen LogP contribution in [0, 0.1) is 0 Å². The average Bonchev–Trinajstić information content (AvgIpc) is 2.25. The molecule has 0 aromatic heterocycles. The van der Waals surface area contributed by atoms with Crippen LogP contribution >= 0.6 is 23.2 Å². The molecule has 4 nitrogen and oxygen atoms in total. The minimum atomic E-state index is -0.230. The lowest BCUT2D eigenvalue weighted by Crippen LogP contribution is -2.06. The van der Waals surface area contributed by atoms with Crippen molar-refractivity contribution in [3.05, 3.63) is 27.7 Å². The summed E-state index contributed by atoms with van der Waals surface area (Å²) < 4.78 is 0. The summed E-state index contributed by atoms with van der Waals surface area (Å²) in [5.41, 5.74) is 10.2. The molecule has 96 valence electrons. The standard InChI is InChI=1S/C7H4Cl2O2.C3H10N2.Al.3H/c8-5-1-4(3-10)7(11)6(9)2-5;4-2-1-3-5;;;;/h1-3,11H;1-5H2;;;;. The summed E-state index contributed by atoms with van der Waals surface area (Å²) >= 11 is 11.1. The second kappa shape index (κ2) is 10.9. The van der Waals surface area contributed by atoms with Crippen LogP contribution < -0.4 is 11.5 Å². The van der Waals surface area contributed by atoms with Gasteiger partial charge in [0.15, 0.2) is 23.6 Å². The number of nitrogens with two attached hydrogens (primary N) is 2. The molecule has 0 saturated carbocycles. The number of phenolic OH excluding ortho intramolecular Hbond substituents is 1. The molecule has 1 aromatic rings. The van der Waals surface area contributed by atoms with E-state index in [1.54, 1.807) is 0 Å². The van der Waals surface area contributed by atoms with Crippen molar-refractivity contribution >= 4 is 46.8 Å². The number of halogens is 2. The van der Waals surface area contributed by atoms with Crippen LogP contribution in [-0.4, -0.2) is 41.8 Å². The second-order valence-corrected chi connectivity index (χ2v) is 3.72. The van der Waals surface area contributed by atoms with Gasteiger partial charge in [-0.05, 0) is 31.6 Å². The summed E-state index contributed by atoms with van der Waals surface area (Å²) in [5.74, 6) is -0.230. The highest BCUT2D eigenvalue weighted by Gasteiger charge is 2.05. The van der Waals surface area contributed by atoms with E-state index in [0.29, 0.717) is 11.3 Å². The number of carbonyl (C=O) groups is 1. The van der Waals surface area contributed by atoms with Crippen molar-refractivity contribution in [2.24, 2.45) is 11.5 Å². The van der Waals surface area contributed by atoms with Crippen LogP contribution in [0.4, 0.5) is 0 Å². The lowest BCUT2D eigenvalue weighted by Gasteiger charge is -1.99. The van der Waals surface area contributed by atoms with E-state index in [-0.39, 0.29) is 33.7 Å². The Morgan fingerprint density at radius 2 is 1.76 bits per heavy atom. The number of phenols is 1. The lowest BCUT2D eigenvalue weighted by atomic mass is 10.2. The quantitative estimate of drug-likeness (QED) is 0.563. The first-order valence-corrected chi connectivity index (χ1v) is 5.35. The molecule has 0 spiro atoms. The van der Waals surface area contributed by atoms with E-state index in [2.05, 4.69) is 0 Å². The summed E-state index contributed by atoms with van der Waals surface area (Å²) in [6.07, 6.45) is 1.44. The third-order valence-corrected chi connectivity index (χ3v) is 2.10. The fourth-order valence-electron chi connectivity index (χ4n) is 0.794. The molecule has 0 fully saturated rings. The van der Waals surface area contributed by atoms with E-state index in [0.717, 1.165) is 19.5 Å². The topological polar surface area (TPSA) is 89.3 Å². The van der Waals surface area contributed by atoms with Gasteiger partial charge in [-0.2, -0.15) is 0 Å². The van der Waals surface area contributed by atoms with Gasteiger partial charge < -0.3 is 16.6 Å². The fourth-order valence-corrected chi connectivity index (χ4v) is 1.30. The van der Waals surface area contributed by atoms with Crippen molar-refractivity contribution in [3.8, 4) is 5.75 Å². The van der Waals surface area contributed by atoms with E-state index >= 15 is 0 Å². The van der Waals surface area contributed by atoms with Crippen molar-refractivity contribution in [3.63, 3.8) is 0 Å². The van der Waals surface area contributed by atoms with Gasteiger partial charge in [0.25, 0.3) is 0 Å². The molecule has 17 heavy (non-hydrogen) atoms. The summed E-state index contributed by atoms with van der Waals surface area (Å²) in [6.45, 7) is 1.44. The Hall–Kier alpha value is -0.278. The van der Waals surface area contributed by atoms with Crippen LogP contribution in [0.3, 0.4) is 0 Å². The first kappa shape index (κ1) is 19.1. The molecule has 0 saturated heterocycles. The second-order valence-electron chi connectivity index (χ2n) is 2.87. The zero-order valence-corrected chi connectivity index (χ0v) is 10.1. The van der Waals surface area contributed by atoms with Crippen molar-refractivity contribution in [1.29, 1.82) is 0 Å². The molecule has 7 heteroatoms. The third kappa shape index (κ3) is 7.61. The highest BCUT2D eigenvalue weighted by atomic mass is 35.5. The predicted molar refractivity (Wildman–Crippen MR) is 76.2 cm³/mol. The van der Waals surface area contributed by atoms with Gasteiger partial charge >= 0.3 is 0 Å². The summed E-state index contributed by atoms with van der Waals surface area (Å²) in [6, 6.07) is 2.71. The summed E-state index contributed by atoms with van der Waals surface area (Å²) in [5, 5.41) is 9.51. The van der Waals surface area contributed by atoms with Gasteiger partial charge in [-0.15, -0.1) is 0 Å². The fraction of sp³-hybridized carbons (Fsp3) is 0.300. The number of benzene rings is 1. The molecule has 0 aliphatic rings. The molecule has 0 unspecified atom stereocenters. The molecular formula is C10H17AlCl2N2O2. The Morgan fingerprint density at radius 3 is 2.12 bits per heavy atom. The third-order valence-electron chi connectivity index (χ3n) is 1.59. The number of aldehydes is 1. The Labute approximate surface area is 121 Å². The zero-order chi connectivity index (χ0) is 12.6. The van der Waals surface area contributed by atoms with Gasteiger partial charge in [0.1, 0.15) is 5.75 Å². The number of carbonyl (C=O) groups excluding carboxylic acids is 1. The maximum Gasteiger partial charge on any atom is 0.187 e. The van der Waals surface area contributed by atoms with Gasteiger partial charge in [0.05, 0.1) is 10.6 Å². The smallest absolute Gasteiger partial charge is 0.187 e. The molecule has 5 N–H and O–H groups in total. The number of hydrogen-bond donors (Lipinski definition) is 3. The first-order chi connectivity index (χ1) is 7.56. The maximum absolute atomic E-state index is 10.3. The normalized spacial score (nSPS) is 8.71. The van der Waals surface area contributed by atoms with Crippen LogP contribution in [0.2, 0.25) is 10.0 Å². The van der Waals surface area contributed by atoms with Gasteiger partial charge in [-0.3, -0.25) is 4.79 Å². The Bertz CT molecular complexity index is 349. The van der Waals surface area contributed by atoms with Gasteiger partial charge in [-0.25, -0.2) is 0 Å². The number of rotatable bonds is 3. The van der Waals surface area contributed by atoms with E-state index in [1.165, 1.54) is 12.1 Å². The van der Waals surface area contributed by atoms with Crippen LogP contribution in [0.15, 0.2) is 12.1 Å². The molecule has 0 aliphatic heterocycles. The van der Waals surface area contributed by atoms with Gasteiger partial charge in [0.2, 0.25) is 0 Å². The number of aromatic hydroxyl groups is 1. The van der Waals surface area contributed by atoms with Crippen LogP contribution in [0.5, 0.6) is 5.75 Å². The largest absolute Gasteiger partial charge is 0.506 e. The number of hydrogen-bond acceptors (Lipinski definition) is 4. The minimum Gasteiger partial charge on any atom is -0.506 e. The van der Waals surface area contributed by atoms with Crippen molar-refractivity contribution in [2.75, 3.05) is 13.1 Å². The van der Waals surface area contributed by atoms with E-state index in [4.69, 9.17) is 39.8 Å². The van der Waals surface area contributed by atoms with Crippen molar-refractivity contribution in [1.82, 2.24) is 0 Å². The Morgan fingerprint density at radius 1 is 1.24 bits per heavy atom. The van der Waals surface area contributed by atoms with Crippen LogP contribution in [0.25, 0.3) is 0 Å². The molecule has 0 aliphatic carbocycles. The molecule has 0 atom stereocenters. The molecule has 0 amide bonds. The molecule has 0 heterocycles. The summed E-state index contributed by atoms with van der Waals surface area (Å²) in [7, 11) is 0. The molecule has 1 aromatic carbocycles. The Balaban J connectivity index is 0. The first-order valence-electron chi connectivity index (χ1n) is 4.60. The van der Waals surface area contributed by atoms with E-state index < -0.39 is 0 Å². The SMILES string of the molecule is NCCCN.O=Cc1cc(Cl)cc(Cl)c1O.[AlH3]. The lowest BCUT2D eigenvalue weighted by molar-refractivity contribution is 0.112. The van der Waals surface area contributed by atoms with Gasteiger partial charge in [-0.1, -0.05) is 23.2 Å². The monoisotopic (exact) mass is 294 g/mol. The highest BCUT2D eigenvalue weighted by molar-refractivity contribution is 6.36. The average molecular weight is 295 g/mol. The maximum atomic E-state index is 10.3. The molecule has 1 rings (SSSR count).